The second-order valence-electron chi connectivity index (χ2n) is 8.47. The van der Waals surface area contributed by atoms with Crippen LogP contribution in [0.5, 0.6) is 0 Å². The molecular formula is C24H31N5O. The number of pyridine rings is 1. The predicted octanol–water partition coefficient (Wildman–Crippen LogP) is 3.00. The Morgan fingerprint density at radius 1 is 0.933 bits per heavy atom. The Hall–Kier alpha value is -2.57. The molecule has 0 bridgehead atoms. The number of hydrogen-bond donors (Lipinski definition) is 0. The Balaban J connectivity index is 1.25. The van der Waals surface area contributed by atoms with Crippen molar-refractivity contribution in [2.75, 3.05) is 62.7 Å². The van der Waals surface area contributed by atoms with Crippen molar-refractivity contribution in [3.05, 3.63) is 54.2 Å². The Morgan fingerprint density at radius 2 is 1.70 bits per heavy atom. The van der Waals surface area contributed by atoms with E-state index in [1.165, 1.54) is 16.6 Å². The number of rotatable bonds is 6. The first-order valence-electron chi connectivity index (χ1n) is 11.0. The van der Waals surface area contributed by atoms with Crippen LogP contribution in [0, 0.1) is 6.92 Å². The Bertz CT molecular complexity index is 1000. The molecule has 0 N–H and O–H groups in total. The number of likely N-dealkylation sites (tertiary alicyclic amines) is 1. The number of aromatic nitrogens is 2. The number of para-hydroxylation sites is 1. The van der Waals surface area contributed by atoms with Crippen LogP contribution < -0.4 is 9.80 Å². The van der Waals surface area contributed by atoms with Gasteiger partial charge in [-0.3, -0.25) is 4.90 Å². The molecule has 2 aliphatic heterocycles. The Labute approximate surface area is 178 Å². The molecule has 1 aromatic carbocycles. The van der Waals surface area contributed by atoms with E-state index in [-0.39, 0.29) is 0 Å². The van der Waals surface area contributed by atoms with E-state index in [0.29, 0.717) is 6.10 Å². The molecule has 0 amide bonds. The summed E-state index contributed by atoms with van der Waals surface area (Å²) in [7, 11) is 1.80. The minimum Gasteiger partial charge on any atom is -0.379 e. The average molecular weight is 406 g/mol. The van der Waals surface area contributed by atoms with Gasteiger partial charge in [0.2, 0.25) is 0 Å². The quantitative estimate of drug-likeness (QED) is 0.630. The van der Waals surface area contributed by atoms with Crippen molar-refractivity contribution in [3.63, 3.8) is 0 Å². The lowest BCUT2D eigenvalue weighted by Gasteiger charge is -2.38. The number of aryl methyl sites for hydroxylation is 1. The van der Waals surface area contributed by atoms with Gasteiger partial charge in [0, 0.05) is 76.7 Å². The minimum atomic E-state index is 0.412. The summed E-state index contributed by atoms with van der Waals surface area (Å²) >= 11 is 0. The molecule has 2 fully saturated rings. The van der Waals surface area contributed by atoms with Crippen LogP contribution in [-0.2, 0) is 11.3 Å². The fourth-order valence-corrected chi connectivity index (χ4v) is 4.60. The molecule has 0 saturated carbocycles. The van der Waals surface area contributed by atoms with E-state index in [1.54, 1.807) is 7.11 Å². The highest BCUT2D eigenvalue weighted by Gasteiger charge is 2.26. The van der Waals surface area contributed by atoms with Crippen molar-refractivity contribution in [1.29, 1.82) is 0 Å². The van der Waals surface area contributed by atoms with E-state index in [9.17, 15) is 0 Å². The van der Waals surface area contributed by atoms with Crippen molar-refractivity contribution in [2.45, 2.75) is 19.6 Å². The van der Waals surface area contributed by atoms with E-state index in [4.69, 9.17) is 9.72 Å². The molecule has 0 radical (unpaired) electrons. The third kappa shape index (κ3) is 3.77. The van der Waals surface area contributed by atoms with Crippen LogP contribution >= 0.6 is 0 Å². The van der Waals surface area contributed by atoms with Gasteiger partial charge in [0.05, 0.1) is 6.10 Å². The summed E-state index contributed by atoms with van der Waals surface area (Å²) in [6, 6.07) is 15.2. The fourth-order valence-electron chi connectivity index (χ4n) is 4.60. The van der Waals surface area contributed by atoms with Crippen molar-refractivity contribution in [3.8, 4) is 0 Å². The lowest BCUT2D eigenvalue weighted by atomic mass is 10.1. The molecule has 0 unspecified atom stereocenters. The summed E-state index contributed by atoms with van der Waals surface area (Å²) in [4.78, 5) is 12.4. The number of piperazine rings is 1. The highest BCUT2D eigenvalue weighted by Crippen LogP contribution is 2.24. The third-order valence-corrected chi connectivity index (χ3v) is 6.57. The smallest absolute Gasteiger partial charge is 0.142 e. The predicted molar refractivity (Wildman–Crippen MR) is 123 cm³/mol. The maximum atomic E-state index is 5.38. The van der Waals surface area contributed by atoms with Crippen LogP contribution in [0.4, 0.5) is 11.5 Å². The van der Waals surface area contributed by atoms with Gasteiger partial charge in [-0.25, -0.2) is 4.98 Å². The zero-order valence-electron chi connectivity index (χ0n) is 18.0. The first kappa shape index (κ1) is 19.4. The highest BCUT2D eigenvalue weighted by atomic mass is 16.5. The van der Waals surface area contributed by atoms with Crippen LogP contribution in [0.2, 0.25) is 0 Å². The molecule has 4 heterocycles. The summed E-state index contributed by atoms with van der Waals surface area (Å²) in [6.45, 7) is 10.4. The van der Waals surface area contributed by atoms with Crippen LogP contribution in [0.15, 0.2) is 48.7 Å². The molecule has 0 spiro atoms. The minimum absolute atomic E-state index is 0.412. The van der Waals surface area contributed by atoms with Crippen LogP contribution in [-0.4, -0.2) is 73.5 Å². The Morgan fingerprint density at radius 3 is 2.47 bits per heavy atom. The van der Waals surface area contributed by atoms with E-state index in [0.717, 1.165) is 63.8 Å². The molecule has 0 atom stereocenters. The number of ether oxygens (including phenoxy) is 1. The third-order valence-electron chi connectivity index (χ3n) is 6.57. The molecule has 6 heteroatoms. The summed E-state index contributed by atoms with van der Waals surface area (Å²) in [5.41, 5.74) is 3.80. The number of anilines is 2. The molecule has 30 heavy (non-hydrogen) atoms. The zero-order valence-corrected chi connectivity index (χ0v) is 18.0. The lowest BCUT2D eigenvalue weighted by molar-refractivity contribution is -0.0302. The van der Waals surface area contributed by atoms with Gasteiger partial charge in [-0.15, -0.1) is 0 Å². The molecule has 2 saturated heterocycles. The zero-order chi connectivity index (χ0) is 20.5. The summed E-state index contributed by atoms with van der Waals surface area (Å²) in [5, 5.41) is 1.22. The van der Waals surface area contributed by atoms with Gasteiger partial charge in [0.1, 0.15) is 11.5 Å². The van der Waals surface area contributed by atoms with Gasteiger partial charge < -0.3 is 19.1 Å². The second-order valence-corrected chi connectivity index (χ2v) is 8.47. The maximum absolute atomic E-state index is 5.38. The lowest BCUT2D eigenvalue weighted by Crippen LogP contribution is -2.52. The number of benzene rings is 1. The van der Waals surface area contributed by atoms with E-state index in [2.05, 4.69) is 74.9 Å². The molecule has 0 aliphatic carbocycles. The second kappa shape index (κ2) is 8.28. The molecule has 3 aromatic rings. The van der Waals surface area contributed by atoms with E-state index in [1.807, 2.05) is 0 Å². The standard InChI is InChI=1S/C24H31N5O/c1-19-5-3-4-6-22(19)27-13-15-28(16-14-27)23-8-7-20-9-10-29(24(20)25-23)12-11-26-17-21(18-26)30-2/h3-10,21H,11-18H2,1-2H3. The number of fused-ring (bicyclic) bond motifs is 1. The van der Waals surface area contributed by atoms with Crippen molar-refractivity contribution < 1.29 is 4.74 Å². The van der Waals surface area contributed by atoms with Crippen molar-refractivity contribution in [2.24, 2.45) is 0 Å². The summed E-state index contributed by atoms with van der Waals surface area (Å²) in [5.74, 6) is 1.09. The highest BCUT2D eigenvalue weighted by molar-refractivity contribution is 5.78. The summed E-state index contributed by atoms with van der Waals surface area (Å²) < 4.78 is 7.67. The van der Waals surface area contributed by atoms with Gasteiger partial charge in [-0.1, -0.05) is 18.2 Å². The van der Waals surface area contributed by atoms with Crippen LogP contribution in [0.3, 0.4) is 0 Å². The number of methoxy groups -OCH3 is 1. The first-order chi connectivity index (χ1) is 14.7. The monoisotopic (exact) mass is 405 g/mol. The Kier molecular flexibility index (Phi) is 5.35. The SMILES string of the molecule is COC1CN(CCn2ccc3ccc(N4CCN(c5ccccc5C)CC4)nc32)C1. The molecule has 158 valence electrons. The molecular weight excluding hydrogens is 374 g/mol. The first-order valence-corrected chi connectivity index (χ1v) is 11.0. The number of hydrogen-bond acceptors (Lipinski definition) is 5. The van der Waals surface area contributed by atoms with Crippen molar-refractivity contribution in [1.82, 2.24) is 14.5 Å². The van der Waals surface area contributed by atoms with E-state index >= 15 is 0 Å². The molecule has 2 aliphatic rings. The van der Waals surface area contributed by atoms with Crippen molar-refractivity contribution >= 4 is 22.5 Å². The van der Waals surface area contributed by atoms with Crippen LogP contribution in [0.1, 0.15) is 5.56 Å². The maximum Gasteiger partial charge on any atom is 0.142 e. The summed E-state index contributed by atoms with van der Waals surface area (Å²) in [6.07, 6.45) is 2.58. The van der Waals surface area contributed by atoms with Gasteiger partial charge in [0.15, 0.2) is 0 Å². The molecule has 5 rings (SSSR count). The van der Waals surface area contributed by atoms with Gasteiger partial charge in [-0.2, -0.15) is 0 Å². The van der Waals surface area contributed by atoms with Gasteiger partial charge in [0.25, 0.3) is 0 Å². The van der Waals surface area contributed by atoms with Gasteiger partial charge >= 0.3 is 0 Å². The topological polar surface area (TPSA) is 36.8 Å². The van der Waals surface area contributed by atoms with Crippen LogP contribution in [0.25, 0.3) is 11.0 Å². The number of nitrogens with zero attached hydrogens (tertiary/aromatic N) is 5. The molecule has 6 nitrogen and oxygen atoms in total. The fraction of sp³-hybridized carbons (Fsp3) is 0.458. The average Bonchev–Trinajstić information content (AvgIpc) is 3.16. The largest absolute Gasteiger partial charge is 0.379 e. The van der Waals surface area contributed by atoms with E-state index < -0.39 is 0 Å². The molecule has 2 aromatic heterocycles. The normalized spacial score (nSPS) is 18.2. The van der Waals surface area contributed by atoms with Gasteiger partial charge in [-0.05, 0) is 36.8 Å².